The van der Waals surface area contributed by atoms with Gasteiger partial charge in [-0.05, 0) is 40.8 Å². The Balaban J connectivity index is 2.27. The Morgan fingerprint density at radius 3 is 2.57 bits per heavy atom. The highest BCUT2D eigenvalue weighted by molar-refractivity contribution is 5.77. The van der Waals surface area contributed by atoms with E-state index in [1.807, 2.05) is 18.2 Å². The molecule has 0 aliphatic heterocycles. The molecule has 1 aliphatic carbocycles. The average Bonchev–Trinajstić information content (AvgIpc) is 2.54. The van der Waals surface area contributed by atoms with Crippen molar-refractivity contribution in [2.45, 2.75) is 6.42 Å². The van der Waals surface area contributed by atoms with E-state index in [0.717, 1.165) is 6.42 Å². The van der Waals surface area contributed by atoms with Crippen LogP contribution in [0, 0.1) is 0 Å². The molecular formula is C13H9O. The van der Waals surface area contributed by atoms with E-state index in [-0.39, 0.29) is 5.75 Å². The van der Waals surface area contributed by atoms with Crippen molar-refractivity contribution in [3.8, 4) is 16.9 Å². The van der Waals surface area contributed by atoms with E-state index in [0.29, 0.717) is 0 Å². The first kappa shape index (κ1) is 7.63. The van der Waals surface area contributed by atoms with Gasteiger partial charge in [0.05, 0.1) is 0 Å². The van der Waals surface area contributed by atoms with Gasteiger partial charge in [0.1, 0.15) is 0 Å². The van der Waals surface area contributed by atoms with Gasteiger partial charge >= 0.3 is 0 Å². The van der Waals surface area contributed by atoms with Crippen molar-refractivity contribution in [2.24, 2.45) is 0 Å². The second-order valence-electron chi connectivity index (χ2n) is 3.65. The van der Waals surface area contributed by atoms with Crippen molar-refractivity contribution in [1.82, 2.24) is 0 Å². The van der Waals surface area contributed by atoms with Gasteiger partial charge in [-0.2, -0.15) is 0 Å². The molecule has 0 spiro atoms. The highest BCUT2D eigenvalue weighted by Gasteiger charge is 2.17. The van der Waals surface area contributed by atoms with Crippen LogP contribution < -0.4 is 0 Å². The van der Waals surface area contributed by atoms with Gasteiger partial charge in [-0.15, -0.1) is 0 Å². The predicted molar refractivity (Wildman–Crippen MR) is 54.8 cm³/mol. The predicted octanol–water partition coefficient (Wildman–Crippen LogP) is 3.40. The molecule has 0 amide bonds. The lowest BCUT2D eigenvalue weighted by molar-refractivity contribution is 0.354. The normalized spacial score (nSPS) is 12.3. The van der Waals surface area contributed by atoms with Gasteiger partial charge in [0.25, 0.3) is 0 Å². The van der Waals surface area contributed by atoms with Crippen molar-refractivity contribution in [2.75, 3.05) is 0 Å². The Bertz CT molecular complexity index is 500. The highest BCUT2D eigenvalue weighted by atomic mass is 16.3. The molecule has 0 atom stereocenters. The summed E-state index contributed by atoms with van der Waals surface area (Å²) in [6, 6.07) is 13.6. The SMILES string of the molecule is [O]c1ccc2c(c1)Cc1ccccc1-2. The average molecular weight is 181 g/mol. The molecule has 0 N–H and O–H groups in total. The van der Waals surface area contributed by atoms with Gasteiger partial charge in [0, 0.05) is 0 Å². The van der Waals surface area contributed by atoms with Crippen LogP contribution in [0.15, 0.2) is 42.5 Å². The minimum atomic E-state index is 0.108. The van der Waals surface area contributed by atoms with Crippen LogP contribution in [0.2, 0.25) is 0 Å². The summed E-state index contributed by atoms with van der Waals surface area (Å²) in [5.74, 6) is 0.108. The van der Waals surface area contributed by atoms with Crippen LogP contribution >= 0.6 is 0 Å². The third-order valence-corrected chi connectivity index (χ3v) is 2.77. The second kappa shape index (κ2) is 2.61. The summed E-state index contributed by atoms with van der Waals surface area (Å²) in [6.45, 7) is 0. The van der Waals surface area contributed by atoms with E-state index in [1.54, 1.807) is 12.1 Å². The van der Waals surface area contributed by atoms with Crippen molar-refractivity contribution < 1.29 is 5.11 Å². The summed E-state index contributed by atoms with van der Waals surface area (Å²) in [7, 11) is 0. The van der Waals surface area contributed by atoms with E-state index < -0.39 is 0 Å². The molecular weight excluding hydrogens is 172 g/mol. The molecule has 0 heterocycles. The van der Waals surface area contributed by atoms with Crippen molar-refractivity contribution in [1.29, 1.82) is 0 Å². The standard InChI is InChI=1S/C13H9O/c14-11-5-6-13-10(8-11)7-9-3-1-2-4-12(9)13/h1-6,8H,7H2. The third-order valence-electron chi connectivity index (χ3n) is 2.77. The van der Waals surface area contributed by atoms with Gasteiger partial charge < -0.3 is 0 Å². The Kier molecular flexibility index (Phi) is 1.42. The molecule has 0 saturated carbocycles. The number of hydrogen-bond donors (Lipinski definition) is 0. The molecule has 1 nitrogen and oxygen atoms in total. The largest absolute Gasteiger partial charge is 0.290 e. The van der Waals surface area contributed by atoms with E-state index in [2.05, 4.69) is 12.1 Å². The molecule has 1 aliphatic rings. The first-order valence-corrected chi connectivity index (χ1v) is 4.73. The molecule has 0 unspecified atom stereocenters. The Morgan fingerprint density at radius 2 is 1.64 bits per heavy atom. The number of fused-ring (bicyclic) bond motifs is 3. The Hall–Kier alpha value is -1.76. The fourth-order valence-corrected chi connectivity index (χ4v) is 2.12. The van der Waals surface area contributed by atoms with Crippen LogP contribution in [0.4, 0.5) is 0 Å². The maximum absolute atomic E-state index is 11.2. The van der Waals surface area contributed by atoms with Crippen LogP contribution in [-0.2, 0) is 11.5 Å². The number of rotatable bonds is 0. The van der Waals surface area contributed by atoms with E-state index >= 15 is 0 Å². The van der Waals surface area contributed by atoms with Crippen LogP contribution in [0.5, 0.6) is 5.75 Å². The van der Waals surface area contributed by atoms with E-state index in [9.17, 15) is 5.11 Å². The summed E-state index contributed by atoms with van der Waals surface area (Å²) in [5, 5.41) is 11.2. The lowest BCUT2D eigenvalue weighted by Gasteiger charge is -1.98. The van der Waals surface area contributed by atoms with Gasteiger partial charge in [0.2, 0.25) is 0 Å². The fraction of sp³-hybridized carbons (Fsp3) is 0.0769. The molecule has 2 aromatic carbocycles. The molecule has 0 aromatic heterocycles. The Labute approximate surface area is 82.6 Å². The van der Waals surface area contributed by atoms with Crippen LogP contribution in [0.1, 0.15) is 11.1 Å². The van der Waals surface area contributed by atoms with Crippen LogP contribution in [-0.4, -0.2) is 0 Å². The minimum Gasteiger partial charge on any atom is -0.290 e. The zero-order valence-corrected chi connectivity index (χ0v) is 7.66. The maximum Gasteiger partial charge on any atom is 0.178 e. The molecule has 0 saturated heterocycles. The van der Waals surface area contributed by atoms with Gasteiger partial charge in [-0.1, -0.05) is 30.3 Å². The zero-order valence-electron chi connectivity index (χ0n) is 7.66. The van der Waals surface area contributed by atoms with Crippen molar-refractivity contribution >= 4 is 0 Å². The lowest BCUT2D eigenvalue weighted by Crippen LogP contribution is -1.78. The second-order valence-corrected chi connectivity index (χ2v) is 3.65. The molecule has 2 aromatic rings. The van der Waals surface area contributed by atoms with Gasteiger partial charge in [0.15, 0.2) is 5.75 Å². The molecule has 1 heteroatoms. The monoisotopic (exact) mass is 181 g/mol. The van der Waals surface area contributed by atoms with Crippen LogP contribution in [0.25, 0.3) is 11.1 Å². The van der Waals surface area contributed by atoms with Crippen LogP contribution in [0.3, 0.4) is 0 Å². The number of hydrogen-bond acceptors (Lipinski definition) is 0. The molecule has 14 heavy (non-hydrogen) atoms. The summed E-state index contributed by atoms with van der Waals surface area (Å²) < 4.78 is 0. The summed E-state index contributed by atoms with van der Waals surface area (Å²) in [6.07, 6.45) is 0.904. The number of benzene rings is 2. The summed E-state index contributed by atoms with van der Waals surface area (Å²) in [4.78, 5) is 0. The third kappa shape index (κ3) is 0.956. The van der Waals surface area contributed by atoms with Crippen molar-refractivity contribution in [3.63, 3.8) is 0 Å². The molecule has 0 fully saturated rings. The highest BCUT2D eigenvalue weighted by Crippen LogP contribution is 2.37. The smallest absolute Gasteiger partial charge is 0.178 e. The maximum atomic E-state index is 11.2. The summed E-state index contributed by atoms with van der Waals surface area (Å²) >= 11 is 0. The molecule has 1 radical (unpaired) electrons. The van der Waals surface area contributed by atoms with Crippen molar-refractivity contribution in [3.05, 3.63) is 53.6 Å². The molecule has 0 bridgehead atoms. The molecule has 3 rings (SSSR count). The fourth-order valence-electron chi connectivity index (χ4n) is 2.12. The van der Waals surface area contributed by atoms with Gasteiger partial charge in [-0.25, -0.2) is 0 Å². The zero-order chi connectivity index (χ0) is 9.54. The first-order valence-electron chi connectivity index (χ1n) is 4.73. The van der Waals surface area contributed by atoms with E-state index in [1.165, 1.54) is 22.3 Å². The summed E-state index contributed by atoms with van der Waals surface area (Å²) in [5.41, 5.74) is 4.99. The topological polar surface area (TPSA) is 19.9 Å². The quantitative estimate of drug-likeness (QED) is 0.506. The first-order chi connectivity index (χ1) is 6.84. The Morgan fingerprint density at radius 1 is 0.857 bits per heavy atom. The minimum absolute atomic E-state index is 0.108. The molecule has 67 valence electrons. The lowest BCUT2D eigenvalue weighted by atomic mass is 10.1. The van der Waals surface area contributed by atoms with E-state index in [4.69, 9.17) is 0 Å². The van der Waals surface area contributed by atoms with Gasteiger partial charge in [-0.3, -0.25) is 5.11 Å².